The zero-order chi connectivity index (χ0) is 15.5. The molecule has 112 valence electrons. The molecule has 0 atom stereocenters. The highest BCUT2D eigenvalue weighted by molar-refractivity contribution is 7.89. The van der Waals surface area contributed by atoms with Gasteiger partial charge in [-0.15, -0.1) is 0 Å². The summed E-state index contributed by atoms with van der Waals surface area (Å²) >= 11 is 0. The van der Waals surface area contributed by atoms with Gasteiger partial charge in [-0.2, -0.15) is 0 Å². The van der Waals surface area contributed by atoms with E-state index in [2.05, 4.69) is 0 Å². The second kappa shape index (κ2) is 6.41. The van der Waals surface area contributed by atoms with E-state index >= 15 is 0 Å². The summed E-state index contributed by atoms with van der Waals surface area (Å²) in [5, 5.41) is 0. The Hall–Kier alpha value is -1.33. The topological polar surface area (TPSA) is 46.6 Å². The van der Waals surface area contributed by atoms with E-state index in [1.54, 1.807) is 18.2 Å². The minimum atomic E-state index is -3.43. The lowest BCUT2D eigenvalue weighted by Gasteiger charge is -2.16. The number of nitrogens with zero attached hydrogens (tertiary/aromatic N) is 1. The molecule has 0 aliphatic carbocycles. The first kappa shape index (κ1) is 16.7. The lowest BCUT2D eigenvalue weighted by atomic mass is 10.1. The molecule has 0 unspecified atom stereocenters. The van der Waals surface area contributed by atoms with Crippen molar-refractivity contribution < 1.29 is 13.2 Å². The van der Waals surface area contributed by atoms with Crippen molar-refractivity contribution in [3.8, 4) is 5.75 Å². The monoisotopic (exact) mass is 297 g/mol. The molecule has 0 saturated heterocycles. The van der Waals surface area contributed by atoms with Gasteiger partial charge in [0, 0.05) is 19.7 Å². The number of allylic oxidation sites excluding steroid dienone is 1. The van der Waals surface area contributed by atoms with Gasteiger partial charge in [-0.05, 0) is 45.9 Å². The Balaban J connectivity index is 3.39. The summed E-state index contributed by atoms with van der Waals surface area (Å²) in [4.78, 5) is 0.270. The average molecular weight is 297 g/mol. The summed E-state index contributed by atoms with van der Waals surface area (Å²) in [7, 11) is -0.387. The average Bonchev–Trinajstić information content (AvgIpc) is 2.29. The summed E-state index contributed by atoms with van der Waals surface area (Å²) in [5.41, 5.74) is 1.86. The van der Waals surface area contributed by atoms with Gasteiger partial charge in [-0.3, -0.25) is 0 Å². The van der Waals surface area contributed by atoms with Gasteiger partial charge in [0.15, 0.2) is 0 Å². The fourth-order valence-electron chi connectivity index (χ4n) is 1.68. The molecule has 0 heterocycles. The highest BCUT2D eigenvalue weighted by atomic mass is 32.2. The largest absolute Gasteiger partial charge is 0.490 e. The van der Waals surface area contributed by atoms with Crippen molar-refractivity contribution in [1.82, 2.24) is 4.31 Å². The van der Waals surface area contributed by atoms with Crippen LogP contribution in [-0.4, -0.2) is 32.9 Å². The van der Waals surface area contributed by atoms with E-state index in [0.29, 0.717) is 5.75 Å². The van der Waals surface area contributed by atoms with Crippen molar-refractivity contribution in [2.24, 2.45) is 0 Å². The fraction of sp³-hybridized carbons (Fsp3) is 0.467. The molecular weight excluding hydrogens is 274 g/mol. The molecule has 0 amide bonds. The number of sulfonamides is 1. The van der Waals surface area contributed by atoms with Gasteiger partial charge in [0.1, 0.15) is 5.75 Å². The molecule has 0 spiro atoms. The Labute approximate surface area is 122 Å². The van der Waals surface area contributed by atoms with Gasteiger partial charge < -0.3 is 4.74 Å². The van der Waals surface area contributed by atoms with Crippen molar-refractivity contribution in [3.63, 3.8) is 0 Å². The van der Waals surface area contributed by atoms with Crippen LogP contribution in [0.4, 0.5) is 0 Å². The Kier molecular flexibility index (Phi) is 5.36. The third kappa shape index (κ3) is 4.08. The van der Waals surface area contributed by atoms with Crippen molar-refractivity contribution in [3.05, 3.63) is 29.3 Å². The number of ether oxygens (including phenoxy) is 1. The highest BCUT2D eigenvalue weighted by Gasteiger charge is 2.18. The second-order valence-electron chi connectivity index (χ2n) is 5.38. The summed E-state index contributed by atoms with van der Waals surface area (Å²) in [6.45, 7) is 7.81. The molecule has 1 aromatic carbocycles. The number of benzene rings is 1. The van der Waals surface area contributed by atoms with Crippen LogP contribution in [0.3, 0.4) is 0 Å². The van der Waals surface area contributed by atoms with Crippen LogP contribution in [0.1, 0.15) is 33.3 Å². The van der Waals surface area contributed by atoms with Gasteiger partial charge in [0.25, 0.3) is 0 Å². The Morgan fingerprint density at radius 3 is 2.30 bits per heavy atom. The van der Waals surface area contributed by atoms with Gasteiger partial charge in [-0.1, -0.05) is 11.6 Å². The van der Waals surface area contributed by atoms with Crippen LogP contribution < -0.4 is 4.74 Å². The minimum Gasteiger partial charge on any atom is -0.490 e. The smallest absolute Gasteiger partial charge is 0.242 e. The molecule has 0 N–H and O–H groups in total. The molecule has 0 bridgehead atoms. The predicted molar refractivity (Wildman–Crippen MR) is 82.4 cm³/mol. The van der Waals surface area contributed by atoms with E-state index < -0.39 is 10.0 Å². The van der Waals surface area contributed by atoms with Crippen molar-refractivity contribution >= 4 is 16.1 Å². The minimum absolute atomic E-state index is 0.0376. The number of hydrogen-bond donors (Lipinski definition) is 0. The quantitative estimate of drug-likeness (QED) is 0.838. The summed E-state index contributed by atoms with van der Waals surface area (Å²) in [6, 6.07) is 4.95. The van der Waals surface area contributed by atoms with E-state index in [4.69, 9.17) is 4.74 Å². The summed E-state index contributed by atoms with van der Waals surface area (Å²) < 4.78 is 31.3. The normalized spacial score (nSPS) is 11.8. The molecule has 0 aromatic heterocycles. The van der Waals surface area contributed by atoms with E-state index in [1.165, 1.54) is 18.4 Å². The molecule has 1 aromatic rings. The molecule has 1 rings (SSSR count). The number of hydrogen-bond acceptors (Lipinski definition) is 3. The molecule has 4 nitrogen and oxygen atoms in total. The molecule has 5 heteroatoms. The standard InChI is InChI=1S/C15H23NO3S/c1-11(2)9-13-10-14(20(17,18)16(5)6)7-8-15(13)19-12(3)4/h7-10,12H,1-6H3. The van der Waals surface area contributed by atoms with E-state index in [0.717, 1.165) is 11.1 Å². The van der Waals surface area contributed by atoms with E-state index in [-0.39, 0.29) is 11.0 Å². The molecule has 20 heavy (non-hydrogen) atoms. The fourth-order valence-corrected chi connectivity index (χ4v) is 2.62. The summed E-state index contributed by atoms with van der Waals surface area (Å²) in [5.74, 6) is 0.693. The first-order valence-corrected chi connectivity index (χ1v) is 7.96. The van der Waals surface area contributed by atoms with Crippen LogP contribution >= 0.6 is 0 Å². The third-order valence-electron chi connectivity index (χ3n) is 2.57. The van der Waals surface area contributed by atoms with E-state index in [9.17, 15) is 8.42 Å². The van der Waals surface area contributed by atoms with Gasteiger partial charge in [-0.25, -0.2) is 12.7 Å². The predicted octanol–water partition coefficient (Wildman–Crippen LogP) is 3.15. The molecule has 0 saturated carbocycles. The Bertz CT molecular complexity index is 598. The lowest BCUT2D eigenvalue weighted by molar-refractivity contribution is 0.241. The maximum atomic E-state index is 12.2. The Morgan fingerprint density at radius 1 is 1.25 bits per heavy atom. The van der Waals surface area contributed by atoms with Crippen LogP contribution in [0.25, 0.3) is 6.08 Å². The van der Waals surface area contributed by atoms with Gasteiger partial charge in [0.2, 0.25) is 10.0 Å². The van der Waals surface area contributed by atoms with Crippen molar-refractivity contribution in [2.45, 2.75) is 38.7 Å². The third-order valence-corrected chi connectivity index (χ3v) is 4.38. The molecule has 0 aliphatic heterocycles. The van der Waals surface area contributed by atoms with Crippen LogP contribution in [0.5, 0.6) is 5.75 Å². The molecule has 0 fully saturated rings. The second-order valence-corrected chi connectivity index (χ2v) is 7.53. The Morgan fingerprint density at radius 2 is 1.85 bits per heavy atom. The maximum Gasteiger partial charge on any atom is 0.242 e. The zero-order valence-electron chi connectivity index (χ0n) is 13.0. The number of rotatable bonds is 5. The van der Waals surface area contributed by atoms with Crippen LogP contribution in [0, 0.1) is 0 Å². The van der Waals surface area contributed by atoms with Crippen LogP contribution in [0.15, 0.2) is 28.7 Å². The summed E-state index contributed by atoms with van der Waals surface area (Å²) in [6.07, 6.45) is 1.96. The van der Waals surface area contributed by atoms with E-state index in [1.807, 2.05) is 33.8 Å². The van der Waals surface area contributed by atoms with Crippen LogP contribution in [-0.2, 0) is 10.0 Å². The first-order valence-electron chi connectivity index (χ1n) is 6.52. The van der Waals surface area contributed by atoms with Crippen molar-refractivity contribution in [2.75, 3.05) is 14.1 Å². The lowest BCUT2D eigenvalue weighted by Crippen LogP contribution is -2.22. The molecule has 0 radical (unpaired) electrons. The highest BCUT2D eigenvalue weighted by Crippen LogP contribution is 2.27. The molecule has 0 aliphatic rings. The SMILES string of the molecule is CC(C)=Cc1cc(S(=O)(=O)N(C)C)ccc1OC(C)C. The van der Waals surface area contributed by atoms with Gasteiger partial charge >= 0.3 is 0 Å². The molecular formula is C15H23NO3S. The first-order chi connectivity index (χ1) is 9.14. The van der Waals surface area contributed by atoms with Gasteiger partial charge in [0.05, 0.1) is 11.0 Å². The van der Waals surface area contributed by atoms with Crippen molar-refractivity contribution in [1.29, 1.82) is 0 Å². The van der Waals surface area contributed by atoms with Crippen LogP contribution in [0.2, 0.25) is 0 Å². The maximum absolute atomic E-state index is 12.2. The zero-order valence-corrected chi connectivity index (χ0v) is 13.8.